The SMILES string of the molecule is CC(N)C(c1ccc(Cl)s1)N1CCC(C(N)=O)C1. The second-order valence-corrected chi connectivity index (χ2v) is 6.58. The first-order valence-corrected chi connectivity index (χ1v) is 7.22. The third-order valence-electron chi connectivity index (χ3n) is 3.40. The van der Waals surface area contributed by atoms with Gasteiger partial charge in [-0.15, -0.1) is 11.3 Å². The lowest BCUT2D eigenvalue weighted by molar-refractivity contribution is -0.121. The molecule has 6 heteroatoms. The number of nitrogens with zero attached hydrogens (tertiary/aromatic N) is 1. The van der Waals surface area contributed by atoms with Gasteiger partial charge in [0.25, 0.3) is 0 Å². The molecular formula is C12H18ClN3OS. The van der Waals surface area contributed by atoms with Crippen molar-refractivity contribution in [3.05, 3.63) is 21.3 Å². The van der Waals surface area contributed by atoms with E-state index in [0.29, 0.717) is 6.54 Å². The Hall–Kier alpha value is -0.620. The number of rotatable bonds is 4. The third kappa shape index (κ3) is 2.85. The number of carbonyl (C=O) groups is 1. The average Bonchev–Trinajstić information content (AvgIpc) is 2.88. The molecule has 2 rings (SSSR count). The summed E-state index contributed by atoms with van der Waals surface area (Å²) in [5.74, 6) is -0.271. The van der Waals surface area contributed by atoms with E-state index in [1.807, 2.05) is 19.1 Å². The highest BCUT2D eigenvalue weighted by molar-refractivity contribution is 7.16. The van der Waals surface area contributed by atoms with Crippen LogP contribution in [-0.4, -0.2) is 29.9 Å². The molecule has 3 atom stereocenters. The van der Waals surface area contributed by atoms with E-state index >= 15 is 0 Å². The van der Waals surface area contributed by atoms with Crippen molar-refractivity contribution >= 4 is 28.8 Å². The number of carbonyl (C=O) groups excluding carboxylic acids is 1. The summed E-state index contributed by atoms with van der Waals surface area (Å²) < 4.78 is 0.765. The van der Waals surface area contributed by atoms with Crippen LogP contribution in [0.2, 0.25) is 4.34 Å². The first kappa shape index (κ1) is 13.8. The monoisotopic (exact) mass is 287 g/mol. The van der Waals surface area contributed by atoms with Gasteiger partial charge in [-0.3, -0.25) is 9.69 Å². The highest BCUT2D eigenvalue weighted by atomic mass is 35.5. The molecular weight excluding hydrogens is 270 g/mol. The molecule has 1 aromatic heterocycles. The molecule has 100 valence electrons. The molecule has 4 nitrogen and oxygen atoms in total. The second-order valence-electron chi connectivity index (χ2n) is 4.83. The average molecular weight is 288 g/mol. The normalized spacial score (nSPS) is 24.1. The summed E-state index contributed by atoms with van der Waals surface area (Å²) >= 11 is 7.53. The Morgan fingerprint density at radius 1 is 1.61 bits per heavy atom. The maximum absolute atomic E-state index is 11.2. The summed E-state index contributed by atoms with van der Waals surface area (Å²) in [4.78, 5) is 14.6. The fourth-order valence-electron chi connectivity index (χ4n) is 2.53. The van der Waals surface area contributed by atoms with Gasteiger partial charge in [0.2, 0.25) is 5.91 Å². The van der Waals surface area contributed by atoms with Gasteiger partial charge in [0.05, 0.1) is 16.3 Å². The largest absolute Gasteiger partial charge is 0.369 e. The Bertz CT molecular complexity index is 435. The maximum atomic E-state index is 11.2. The molecule has 1 amide bonds. The Labute approximate surface area is 116 Å². The van der Waals surface area contributed by atoms with Crippen LogP contribution >= 0.6 is 22.9 Å². The van der Waals surface area contributed by atoms with E-state index in [2.05, 4.69) is 4.90 Å². The molecule has 0 aliphatic carbocycles. The van der Waals surface area contributed by atoms with Crippen molar-refractivity contribution < 1.29 is 4.79 Å². The maximum Gasteiger partial charge on any atom is 0.221 e. The van der Waals surface area contributed by atoms with Gasteiger partial charge in [-0.25, -0.2) is 0 Å². The zero-order valence-electron chi connectivity index (χ0n) is 10.3. The Morgan fingerprint density at radius 2 is 2.33 bits per heavy atom. The third-order valence-corrected chi connectivity index (χ3v) is 4.70. The van der Waals surface area contributed by atoms with Crippen molar-refractivity contribution in [2.24, 2.45) is 17.4 Å². The molecule has 18 heavy (non-hydrogen) atoms. The van der Waals surface area contributed by atoms with Crippen LogP contribution < -0.4 is 11.5 Å². The number of halogens is 1. The summed E-state index contributed by atoms with van der Waals surface area (Å²) in [7, 11) is 0. The molecule has 1 fully saturated rings. The fourth-order valence-corrected chi connectivity index (χ4v) is 3.84. The molecule has 2 heterocycles. The van der Waals surface area contributed by atoms with E-state index in [1.165, 1.54) is 0 Å². The lowest BCUT2D eigenvalue weighted by Crippen LogP contribution is -2.38. The smallest absolute Gasteiger partial charge is 0.221 e. The molecule has 4 N–H and O–H groups in total. The number of hydrogen-bond acceptors (Lipinski definition) is 4. The molecule has 1 aromatic rings. The van der Waals surface area contributed by atoms with Crippen molar-refractivity contribution in [2.45, 2.75) is 25.4 Å². The molecule has 3 unspecified atom stereocenters. The van der Waals surface area contributed by atoms with Gasteiger partial charge in [0.15, 0.2) is 0 Å². The van der Waals surface area contributed by atoms with Crippen molar-refractivity contribution in [1.29, 1.82) is 0 Å². The van der Waals surface area contributed by atoms with Crippen molar-refractivity contribution in [3.63, 3.8) is 0 Å². The second kappa shape index (κ2) is 5.57. The number of thiophene rings is 1. The fraction of sp³-hybridized carbons (Fsp3) is 0.583. The number of amides is 1. The lowest BCUT2D eigenvalue weighted by atomic mass is 10.1. The minimum Gasteiger partial charge on any atom is -0.369 e. The Kier molecular flexibility index (Phi) is 4.27. The van der Waals surface area contributed by atoms with Gasteiger partial charge >= 0.3 is 0 Å². The van der Waals surface area contributed by atoms with Crippen LogP contribution in [0.15, 0.2) is 12.1 Å². The Balaban J connectivity index is 2.15. The van der Waals surface area contributed by atoms with Gasteiger partial charge < -0.3 is 11.5 Å². The predicted octanol–water partition coefficient (Wildman–Crippen LogP) is 1.60. The highest BCUT2D eigenvalue weighted by Crippen LogP contribution is 2.35. The first-order valence-electron chi connectivity index (χ1n) is 6.03. The van der Waals surface area contributed by atoms with Crippen LogP contribution in [0.4, 0.5) is 0 Å². The predicted molar refractivity (Wildman–Crippen MR) is 74.6 cm³/mol. The molecule has 0 aromatic carbocycles. The van der Waals surface area contributed by atoms with Gasteiger partial charge in [0.1, 0.15) is 0 Å². The van der Waals surface area contributed by atoms with Crippen LogP contribution in [-0.2, 0) is 4.79 Å². The molecule has 1 aliphatic rings. The molecule has 0 saturated carbocycles. The van der Waals surface area contributed by atoms with Gasteiger partial charge in [-0.1, -0.05) is 11.6 Å². The van der Waals surface area contributed by atoms with Crippen LogP contribution in [0.3, 0.4) is 0 Å². The highest BCUT2D eigenvalue weighted by Gasteiger charge is 2.34. The number of likely N-dealkylation sites (tertiary alicyclic amines) is 1. The van der Waals surface area contributed by atoms with Crippen LogP contribution in [0.25, 0.3) is 0 Å². The van der Waals surface area contributed by atoms with Crippen molar-refractivity contribution in [3.8, 4) is 0 Å². The Morgan fingerprint density at radius 3 is 2.78 bits per heavy atom. The van der Waals surface area contributed by atoms with Crippen molar-refractivity contribution in [1.82, 2.24) is 4.90 Å². The summed E-state index contributed by atoms with van der Waals surface area (Å²) in [5.41, 5.74) is 11.4. The van der Waals surface area contributed by atoms with E-state index in [1.54, 1.807) is 11.3 Å². The molecule has 0 radical (unpaired) electrons. The zero-order chi connectivity index (χ0) is 13.3. The molecule has 0 spiro atoms. The van der Waals surface area contributed by atoms with Gasteiger partial charge in [-0.2, -0.15) is 0 Å². The summed E-state index contributed by atoms with van der Waals surface area (Å²) in [6.07, 6.45) is 0.817. The van der Waals surface area contributed by atoms with E-state index in [0.717, 1.165) is 22.2 Å². The molecule has 0 bridgehead atoms. The van der Waals surface area contributed by atoms with Crippen LogP contribution in [0, 0.1) is 5.92 Å². The van der Waals surface area contributed by atoms with E-state index in [9.17, 15) is 4.79 Å². The van der Waals surface area contributed by atoms with Gasteiger partial charge in [-0.05, 0) is 32.0 Å². The van der Waals surface area contributed by atoms with Gasteiger partial charge in [0, 0.05) is 17.5 Å². The van der Waals surface area contributed by atoms with E-state index < -0.39 is 0 Å². The summed E-state index contributed by atoms with van der Waals surface area (Å²) in [6, 6.07) is 4.01. The van der Waals surface area contributed by atoms with E-state index in [4.69, 9.17) is 23.1 Å². The number of primary amides is 1. The lowest BCUT2D eigenvalue weighted by Gasteiger charge is -2.30. The number of hydrogen-bond donors (Lipinski definition) is 2. The summed E-state index contributed by atoms with van der Waals surface area (Å²) in [5, 5.41) is 0. The van der Waals surface area contributed by atoms with Crippen LogP contribution in [0.1, 0.15) is 24.3 Å². The minimum atomic E-state index is -0.217. The quantitative estimate of drug-likeness (QED) is 0.883. The molecule has 1 aliphatic heterocycles. The minimum absolute atomic E-state index is 0.00802. The van der Waals surface area contributed by atoms with Crippen LogP contribution in [0.5, 0.6) is 0 Å². The van der Waals surface area contributed by atoms with Crippen molar-refractivity contribution in [2.75, 3.05) is 13.1 Å². The van der Waals surface area contributed by atoms with E-state index in [-0.39, 0.29) is 23.9 Å². The topological polar surface area (TPSA) is 72.3 Å². The molecule has 1 saturated heterocycles. The number of nitrogens with two attached hydrogens (primary N) is 2. The standard InChI is InChI=1S/C12H18ClN3OS/c1-7(14)11(9-2-3-10(13)18-9)16-5-4-8(6-16)12(15)17/h2-3,7-8,11H,4-6,14H2,1H3,(H2,15,17). The summed E-state index contributed by atoms with van der Waals surface area (Å²) in [6.45, 7) is 3.53. The zero-order valence-corrected chi connectivity index (χ0v) is 11.9. The first-order chi connectivity index (χ1) is 8.49.